The van der Waals surface area contributed by atoms with Gasteiger partial charge in [-0.3, -0.25) is 4.90 Å². The number of carbonyl (C=O) groups is 1. The van der Waals surface area contributed by atoms with Crippen molar-refractivity contribution >= 4 is 34.1 Å². The fourth-order valence-electron chi connectivity index (χ4n) is 4.09. The van der Waals surface area contributed by atoms with Gasteiger partial charge in [0.1, 0.15) is 0 Å². The van der Waals surface area contributed by atoms with E-state index in [0.29, 0.717) is 0 Å². The predicted molar refractivity (Wildman–Crippen MR) is 128 cm³/mol. The highest BCUT2D eigenvalue weighted by Gasteiger charge is 2.42. The van der Waals surface area contributed by atoms with Gasteiger partial charge in [0.2, 0.25) is 5.84 Å². The number of benzene rings is 3. The zero-order valence-electron chi connectivity index (χ0n) is 18.0. The minimum absolute atomic E-state index is 0.259. The molecule has 0 saturated carbocycles. The number of amidine groups is 1. The molecule has 0 saturated heterocycles. The number of ether oxygens (including phenoxy) is 1. The summed E-state index contributed by atoms with van der Waals surface area (Å²) < 4.78 is 5.39. The molecular formula is C26H24N4O2. The Morgan fingerprint density at radius 3 is 2.44 bits per heavy atom. The minimum Gasteiger partial charge on any atom is -0.460 e. The summed E-state index contributed by atoms with van der Waals surface area (Å²) in [7, 11) is 0. The first kappa shape index (κ1) is 19.9. The van der Waals surface area contributed by atoms with Crippen LogP contribution >= 0.6 is 0 Å². The smallest absolute Gasteiger partial charge is 0.376 e. The number of anilines is 2. The van der Waals surface area contributed by atoms with Crippen LogP contribution < -0.4 is 9.91 Å². The van der Waals surface area contributed by atoms with Crippen LogP contribution in [0.25, 0.3) is 10.9 Å². The molecule has 1 atom stereocenters. The molecule has 4 aromatic rings. The maximum Gasteiger partial charge on any atom is 0.376 e. The Labute approximate surface area is 186 Å². The first-order valence-electron chi connectivity index (χ1n) is 10.7. The summed E-state index contributed by atoms with van der Waals surface area (Å²) in [6.45, 7) is 4.12. The summed E-state index contributed by atoms with van der Waals surface area (Å²) >= 11 is 0. The number of aryl methyl sites for hydroxylation is 1. The van der Waals surface area contributed by atoms with E-state index in [2.05, 4.69) is 11.1 Å². The Balaban J connectivity index is 1.73. The maximum absolute atomic E-state index is 13.0. The number of esters is 1. The number of aromatic amines is 1. The molecule has 1 N–H and O–H groups in total. The van der Waals surface area contributed by atoms with Crippen LogP contribution in [0, 0.1) is 6.92 Å². The second-order valence-electron chi connectivity index (χ2n) is 7.69. The molecule has 6 heteroatoms. The van der Waals surface area contributed by atoms with E-state index >= 15 is 0 Å². The monoisotopic (exact) mass is 424 g/mol. The first-order valence-corrected chi connectivity index (χ1v) is 10.7. The molecule has 2 heterocycles. The highest BCUT2D eigenvalue weighted by Crippen LogP contribution is 2.41. The average molecular weight is 425 g/mol. The van der Waals surface area contributed by atoms with Gasteiger partial charge in [-0.2, -0.15) is 0 Å². The van der Waals surface area contributed by atoms with Crippen molar-refractivity contribution in [1.82, 2.24) is 4.98 Å². The van der Waals surface area contributed by atoms with Crippen LogP contribution in [0.1, 0.15) is 24.2 Å². The van der Waals surface area contributed by atoms with Gasteiger partial charge in [-0.25, -0.2) is 9.80 Å². The molecule has 3 aromatic carbocycles. The number of rotatable bonds is 5. The third kappa shape index (κ3) is 3.39. The van der Waals surface area contributed by atoms with Crippen LogP contribution in [0.3, 0.4) is 0 Å². The molecule has 0 amide bonds. The van der Waals surface area contributed by atoms with Crippen molar-refractivity contribution in [3.8, 4) is 0 Å². The molecule has 160 valence electrons. The van der Waals surface area contributed by atoms with E-state index in [9.17, 15) is 4.79 Å². The number of nitrogens with zero attached hydrogens (tertiary/aromatic N) is 3. The van der Waals surface area contributed by atoms with E-state index in [4.69, 9.17) is 9.84 Å². The van der Waals surface area contributed by atoms with Crippen LogP contribution in [0.4, 0.5) is 11.4 Å². The van der Waals surface area contributed by atoms with Gasteiger partial charge in [-0.1, -0.05) is 54.1 Å². The van der Waals surface area contributed by atoms with Gasteiger partial charge in [0.15, 0.2) is 6.17 Å². The zero-order valence-corrected chi connectivity index (χ0v) is 18.0. The van der Waals surface area contributed by atoms with Crippen LogP contribution in [0.2, 0.25) is 0 Å². The third-order valence-electron chi connectivity index (χ3n) is 5.60. The Morgan fingerprint density at radius 1 is 0.969 bits per heavy atom. The fourth-order valence-corrected chi connectivity index (χ4v) is 4.09. The van der Waals surface area contributed by atoms with Crippen molar-refractivity contribution in [3.05, 3.63) is 96.2 Å². The van der Waals surface area contributed by atoms with Crippen LogP contribution in [0.5, 0.6) is 0 Å². The lowest BCUT2D eigenvalue weighted by Gasteiger charge is -2.31. The molecule has 0 aliphatic carbocycles. The van der Waals surface area contributed by atoms with E-state index in [1.807, 2.05) is 95.8 Å². The normalized spacial score (nSPS) is 15.8. The Hall–Kier alpha value is -4.06. The number of hydrogen-bond donors (Lipinski definition) is 1. The highest BCUT2D eigenvalue weighted by molar-refractivity contribution is 6.42. The standard InChI is InChI=1S/C26H24N4O2/c1-3-32-26(31)24-28-30(20-9-5-4-6-10-20)25(29(24)19-15-13-18(2)14-16-19)22-17-27-23-12-8-7-11-21(22)23/h4-17,25,27H,3H2,1-2H3/t25-/m0/s1. The molecular weight excluding hydrogens is 400 g/mol. The average Bonchev–Trinajstić information content (AvgIpc) is 3.42. The topological polar surface area (TPSA) is 60.9 Å². The van der Waals surface area contributed by atoms with Crippen LogP contribution in [-0.4, -0.2) is 23.4 Å². The summed E-state index contributed by atoms with van der Waals surface area (Å²) in [6.07, 6.45) is 1.63. The Bertz CT molecular complexity index is 1280. The largest absolute Gasteiger partial charge is 0.460 e. The number of H-pyrrole nitrogens is 1. The SMILES string of the molecule is CCOC(=O)C1=NN(c2ccccc2)[C@@H](c2c[nH]c3ccccc23)N1c1ccc(C)cc1. The van der Waals surface area contributed by atoms with Gasteiger partial charge in [0, 0.05) is 28.4 Å². The molecule has 5 rings (SSSR count). The minimum atomic E-state index is -0.448. The van der Waals surface area contributed by atoms with Gasteiger partial charge in [0.05, 0.1) is 12.3 Å². The van der Waals surface area contributed by atoms with Gasteiger partial charge in [-0.05, 0) is 44.2 Å². The molecule has 0 fully saturated rings. The molecule has 0 radical (unpaired) electrons. The number of aromatic nitrogens is 1. The lowest BCUT2D eigenvalue weighted by molar-refractivity contribution is -0.135. The molecule has 1 aliphatic heterocycles. The third-order valence-corrected chi connectivity index (χ3v) is 5.60. The summed E-state index contributed by atoms with van der Waals surface area (Å²) in [4.78, 5) is 18.3. The van der Waals surface area contributed by atoms with Crippen molar-refractivity contribution in [2.45, 2.75) is 20.0 Å². The molecule has 0 unspecified atom stereocenters. The molecule has 1 aromatic heterocycles. The second-order valence-corrected chi connectivity index (χ2v) is 7.69. The zero-order chi connectivity index (χ0) is 22.1. The van der Waals surface area contributed by atoms with Crippen molar-refractivity contribution < 1.29 is 9.53 Å². The predicted octanol–water partition coefficient (Wildman–Crippen LogP) is 5.38. The number of hydrazone groups is 1. The van der Waals surface area contributed by atoms with E-state index in [1.165, 1.54) is 0 Å². The van der Waals surface area contributed by atoms with Crippen LogP contribution in [0.15, 0.2) is 90.2 Å². The number of nitrogens with one attached hydrogen (secondary N) is 1. The Kier molecular flexibility index (Phi) is 5.11. The van der Waals surface area contributed by atoms with Crippen molar-refractivity contribution in [1.29, 1.82) is 0 Å². The summed E-state index contributed by atoms with van der Waals surface area (Å²) in [5.74, 6) is -0.189. The molecule has 0 bridgehead atoms. The van der Waals surface area contributed by atoms with Gasteiger partial charge in [-0.15, -0.1) is 5.10 Å². The molecule has 6 nitrogen and oxygen atoms in total. The quantitative estimate of drug-likeness (QED) is 0.437. The van der Waals surface area contributed by atoms with E-state index in [1.54, 1.807) is 6.92 Å². The maximum atomic E-state index is 13.0. The molecule has 32 heavy (non-hydrogen) atoms. The highest BCUT2D eigenvalue weighted by atomic mass is 16.5. The lowest BCUT2D eigenvalue weighted by Crippen LogP contribution is -2.39. The van der Waals surface area contributed by atoms with Gasteiger partial charge in [0.25, 0.3) is 0 Å². The molecule has 1 aliphatic rings. The number of carbonyl (C=O) groups excluding carboxylic acids is 1. The van der Waals surface area contributed by atoms with E-state index in [-0.39, 0.29) is 18.6 Å². The lowest BCUT2D eigenvalue weighted by atomic mass is 10.1. The number of fused-ring (bicyclic) bond motifs is 1. The van der Waals surface area contributed by atoms with Gasteiger partial charge < -0.3 is 9.72 Å². The second kappa shape index (κ2) is 8.23. The summed E-state index contributed by atoms with van der Waals surface area (Å²) in [5.41, 5.74) is 4.96. The Morgan fingerprint density at radius 2 is 1.69 bits per heavy atom. The van der Waals surface area contributed by atoms with Crippen molar-refractivity contribution in [2.75, 3.05) is 16.5 Å². The van der Waals surface area contributed by atoms with Crippen LogP contribution in [-0.2, 0) is 9.53 Å². The van der Waals surface area contributed by atoms with E-state index in [0.717, 1.165) is 33.4 Å². The van der Waals surface area contributed by atoms with Gasteiger partial charge >= 0.3 is 5.97 Å². The summed E-state index contributed by atoms with van der Waals surface area (Å²) in [5, 5.41) is 7.76. The fraction of sp³-hybridized carbons (Fsp3) is 0.154. The first-order chi connectivity index (χ1) is 15.7. The molecule has 0 spiro atoms. The number of hydrogen-bond acceptors (Lipinski definition) is 5. The summed E-state index contributed by atoms with van der Waals surface area (Å²) in [6, 6.07) is 26.1. The van der Waals surface area contributed by atoms with E-state index < -0.39 is 5.97 Å². The number of para-hydroxylation sites is 2. The van der Waals surface area contributed by atoms with Crippen molar-refractivity contribution in [2.24, 2.45) is 5.10 Å². The van der Waals surface area contributed by atoms with Crippen molar-refractivity contribution in [3.63, 3.8) is 0 Å².